The molecule has 61 heavy (non-hydrogen) atoms. The van der Waals surface area contributed by atoms with E-state index in [2.05, 4.69) is 653 Å². The van der Waals surface area contributed by atoms with Crippen LogP contribution in [0.5, 0.6) is 0 Å². The number of rotatable bonds is 18. The quantitative estimate of drug-likeness (QED) is 0.120. The largest absolute Gasteiger partial charge is 0.162 e. The third-order valence-corrected chi connectivity index (χ3v) is 95.0. The lowest BCUT2D eigenvalue weighted by molar-refractivity contribution is 0.517. The summed E-state index contributed by atoms with van der Waals surface area (Å²) in [6.07, 6.45) is 0. The molecule has 0 aliphatic heterocycles. The first-order valence-corrected chi connectivity index (χ1v) is 45.4. The van der Waals surface area contributed by atoms with Crippen molar-refractivity contribution in [2.24, 2.45) is 0 Å². The van der Waals surface area contributed by atoms with Gasteiger partial charge in [0.05, 0.1) is 3.74 Å². The van der Waals surface area contributed by atoms with Crippen molar-refractivity contribution in [3.8, 4) is 0 Å². The zero-order valence-corrected chi connectivity index (χ0v) is 90.6. The highest BCUT2D eigenvalue weighted by molar-refractivity contribution is 9.43. The second-order valence-corrected chi connectivity index (χ2v) is 83.1. The first kappa shape index (κ1) is 80.7. The first-order valence-electron chi connectivity index (χ1n) is 12.6. The van der Waals surface area contributed by atoms with Gasteiger partial charge in [-0.05, 0) is 0 Å². The summed E-state index contributed by atoms with van der Waals surface area (Å²) >= 11 is 162. The van der Waals surface area contributed by atoms with Gasteiger partial charge in [-0.1, -0.05) is 653 Å². The maximum Gasteiger partial charge on any atom is 0.162 e. The van der Waals surface area contributed by atoms with Gasteiger partial charge in [-0.15, -0.1) is 0 Å². The Hall–Kier alpha value is 19.7. The zero-order chi connectivity index (χ0) is 51.1. The summed E-state index contributed by atoms with van der Waals surface area (Å²) in [6, 6.07) is 0. The molecule has 0 spiro atoms. The minimum atomic E-state index is -1.38. The molecule has 0 heterocycles. The smallest absolute Gasteiger partial charge is 0.0739 e. The van der Waals surface area contributed by atoms with E-state index in [0.717, 1.165) is 0 Å². The Morgan fingerprint density at radius 2 is 0.246 bits per heavy atom. The van der Waals surface area contributed by atoms with Crippen LogP contribution < -0.4 is 0 Å². The van der Waals surface area contributed by atoms with Crippen LogP contribution in [0.15, 0.2) is 0 Å². The fourth-order valence-electron chi connectivity index (χ4n) is 3.48. The molecule has 0 saturated heterocycles. The second-order valence-electron chi connectivity index (χ2n) is 11.2. The summed E-state index contributed by atoms with van der Waals surface area (Å²) < 4.78 is -23.8. The van der Waals surface area contributed by atoms with E-state index in [0.29, 0.717) is 0 Å². The van der Waals surface area contributed by atoms with Crippen LogP contribution in [0.25, 0.3) is 0 Å². The topological polar surface area (TPSA) is 0 Å². The molecule has 0 amide bonds. The molecule has 0 atom stereocenters. The third-order valence-electron chi connectivity index (χ3n) is 7.36. The molecule has 0 nitrogen and oxygen atoms in total. The van der Waals surface area contributed by atoms with E-state index >= 15 is 0 Å². The molecule has 0 aromatic heterocycles. The Morgan fingerprint density at radius 1 is 0.148 bits per heavy atom. The van der Waals surface area contributed by atoms with Crippen LogP contribution in [0.2, 0.25) is 0 Å². The van der Waals surface area contributed by atoms with Crippen molar-refractivity contribution in [2.75, 3.05) is 0 Å². The van der Waals surface area contributed by atoms with Crippen LogP contribution >= 0.6 is 653 Å². The molecule has 0 saturated carbocycles. The summed E-state index contributed by atoms with van der Waals surface area (Å²) in [5.41, 5.74) is 0. The van der Waals surface area contributed by atoms with Crippen molar-refractivity contribution in [3.63, 3.8) is 0 Å². The van der Waals surface area contributed by atoms with Crippen molar-refractivity contribution in [3.05, 3.63) is 0 Å². The molecule has 0 unspecified atom stereocenters. The van der Waals surface area contributed by atoms with Crippen LogP contribution in [0.3, 0.4) is 0 Å². The lowest BCUT2D eigenvalue weighted by Crippen LogP contribution is -2.74. The van der Waals surface area contributed by atoms with E-state index < -0.39 is 60.3 Å². The summed E-state index contributed by atoms with van der Waals surface area (Å²) in [4.78, 5) is 0. The van der Waals surface area contributed by atoms with Gasteiger partial charge in [0.1, 0.15) is 58.2 Å². The Bertz CT molecular complexity index is 1580. The predicted octanol–water partition coefficient (Wildman–Crippen LogP) is 30.7. The number of hydrogen-bond acceptors (Lipinski definition) is 0. The monoisotopic (exact) mass is 3480 g/mol. The van der Waals surface area contributed by atoms with Crippen molar-refractivity contribution in [1.29, 1.82) is 0 Å². The molecular formula is C20HBr41. The molecule has 0 N–H and O–H groups in total. The van der Waals surface area contributed by atoms with Gasteiger partial charge in [0.2, 0.25) is 0 Å². The van der Waals surface area contributed by atoms with Gasteiger partial charge in [0, 0.05) is 0 Å². The summed E-state index contributed by atoms with van der Waals surface area (Å²) in [7, 11) is 0. The number of halogens is 41. The van der Waals surface area contributed by atoms with E-state index in [1.54, 1.807) is 0 Å². The van der Waals surface area contributed by atoms with Crippen LogP contribution in [-0.2, 0) is 0 Å². The molecule has 0 aromatic rings. The SMILES string of the molecule is BrC(Br)C(Br)(Br)C(Br)(Br)C(Br)(Br)C(Br)(Br)C(Br)(Br)C(Br)(Br)C(Br)(Br)C(Br)(Br)C(Br)(Br)C(Br)(Br)C(Br)(Br)C(Br)(Br)C(Br)(Br)C(Br)(Br)C(Br)(Br)C(Br)(Br)C(Br)(Br)C(Br)(Br)C(Br)(Br)Br. The highest BCUT2D eigenvalue weighted by Gasteiger charge is 2.85. The summed E-state index contributed by atoms with van der Waals surface area (Å²) in [6.45, 7) is 0. The molecule has 0 aromatic carbocycles. The molecule has 0 aliphatic rings. The van der Waals surface area contributed by atoms with Crippen LogP contribution in [0, 0.1) is 0 Å². The van der Waals surface area contributed by atoms with Crippen molar-refractivity contribution in [1.82, 2.24) is 0 Å². The van der Waals surface area contributed by atoms with Crippen LogP contribution in [0.4, 0.5) is 0 Å². The fraction of sp³-hybridized carbons (Fsp3) is 1.00. The van der Waals surface area contributed by atoms with Crippen molar-refractivity contribution in [2.45, 2.75) is 64.1 Å². The van der Waals surface area contributed by atoms with Gasteiger partial charge in [-0.25, -0.2) is 0 Å². The maximum atomic E-state index is 4.06. The molecule has 0 bridgehead atoms. The average molecular weight is 3520 g/mol. The molecule has 0 aliphatic carbocycles. The zero-order valence-electron chi connectivity index (χ0n) is 25.6. The van der Waals surface area contributed by atoms with Gasteiger partial charge >= 0.3 is 0 Å². The molecular weight excluding hydrogens is 3520 g/mol. The fourth-order valence-corrected chi connectivity index (χ4v) is 45.0. The molecule has 0 radical (unpaired) electrons. The second kappa shape index (κ2) is 26.4. The van der Waals surface area contributed by atoms with Crippen LogP contribution in [-0.4, -0.2) is 64.1 Å². The standard InChI is InChI=1S/C20HBr41/c21-1(22)2(23,24)3(25,26)4(27,28)5(29,30)6(31,32)7(33,34)8(35,36)9(37,38)10(39,40)11(41,42)12(43,44)13(45,46)14(47,48)15(49,50)16(51,52)17(53,54)18(55,56)19(57,58)20(59,60)61/h1H. The molecule has 0 fully saturated rings. The molecule has 0 rings (SSSR count). The normalized spacial score (nSPS) is 17.4. The van der Waals surface area contributed by atoms with Gasteiger partial charge in [0.15, 0.2) is 2.14 Å². The summed E-state index contributed by atoms with van der Waals surface area (Å²) in [5.74, 6) is 0. The maximum absolute atomic E-state index is 4.06. The lowest BCUT2D eigenvalue weighted by Gasteiger charge is -2.62. The van der Waals surface area contributed by atoms with Gasteiger partial charge in [0.25, 0.3) is 0 Å². The summed E-state index contributed by atoms with van der Waals surface area (Å²) in [5, 5.41) is 0. The first-order chi connectivity index (χ1) is 25.4. The van der Waals surface area contributed by atoms with Crippen molar-refractivity contribution >= 4 is 653 Å². The number of hydrogen-bond donors (Lipinski definition) is 0. The van der Waals surface area contributed by atoms with E-state index in [-0.39, 0.29) is 3.74 Å². The third kappa shape index (κ3) is 13.6. The molecule has 368 valence electrons. The van der Waals surface area contributed by atoms with Gasteiger partial charge in [-0.3, -0.25) is 0 Å². The van der Waals surface area contributed by atoms with Crippen LogP contribution in [0.1, 0.15) is 0 Å². The van der Waals surface area contributed by atoms with E-state index in [9.17, 15) is 0 Å². The Kier molecular flexibility index (Phi) is 34.9. The average Bonchev–Trinajstić information content (AvgIpc) is 3.02. The lowest BCUT2D eigenvalue weighted by atomic mass is 10.0. The minimum absolute atomic E-state index is 0.316. The highest BCUT2D eigenvalue weighted by atomic mass is 80.0. The highest BCUT2D eigenvalue weighted by Crippen LogP contribution is 2.84. The Labute approximate surface area is 698 Å². The van der Waals surface area contributed by atoms with Crippen molar-refractivity contribution < 1.29 is 0 Å². The molecule has 41 heteroatoms. The Balaban J connectivity index is 7.95. The van der Waals surface area contributed by atoms with Gasteiger partial charge < -0.3 is 0 Å². The minimum Gasteiger partial charge on any atom is -0.0739 e. The Morgan fingerprint density at radius 3 is 0.344 bits per heavy atom. The van der Waals surface area contributed by atoms with E-state index in [1.807, 2.05) is 0 Å². The number of alkyl halides is 41. The predicted molar refractivity (Wildman–Crippen MR) is 422 cm³/mol. The van der Waals surface area contributed by atoms with Gasteiger partial charge in [-0.2, -0.15) is 0 Å². The van der Waals surface area contributed by atoms with E-state index in [1.165, 1.54) is 0 Å². The van der Waals surface area contributed by atoms with E-state index in [4.69, 9.17) is 0 Å².